The minimum atomic E-state index is -1.44. The minimum absolute atomic E-state index is 0.0574. The van der Waals surface area contributed by atoms with Gasteiger partial charge in [-0.25, -0.2) is 4.79 Å². The van der Waals surface area contributed by atoms with Crippen LogP contribution in [-0.4, -0.2) is 104 Å². The molecule has 4 rings (SSSR count). The van der Waals surface area contributed by atoms with Crippen molar-refractivity contribution in [1.29, 1.82) is 0 Å². The minimum Gasteiger partial charge on any atom is -0.480 e. The molecule has 0 unspecified atom stereocenters. The molecule has 0 aliphatic heterocycles. The van der Waals surface area contributed by atoms with Gasteiger partial charge in [0.25, 0.3) is 0 Å². The summed E-state index contributed by atoms with van der Waals surface area (Å²) < 4.78 is 0. The number of primary amides is 1. The fraction of sp³-hybridized carbons (Fsp3) is 0.439. The lowest BCUT2D eigenvalue weighted by molar-refractivity contribution is -0.143. The van der Waals surface area contributed by atoms with Crippen molar-refractivity contribution in [2.45, 2.75) is 103 Å². The third-order valence-electron chi connectivity index (χ3n) is 10.1. The summed E-state index contributed by atoms with van der Waals surface area (Å²) in [6, 6.07) is 6.61. The summed E-state index contributed by atoms with van der Waals surface area (Å²) in [6.45, 7) is 7.86. The van der Waals surface area contributed by atoms with Crippen LogP contribution in [0, 0.1) is 11.8 Å². The number of carbonyl (C=O) groups excluding carboxylic acids is 6. The molecule has 0 saturated heterocycles. The van der Waals surface area contributed by atoms with E-state index < -0.39 is 95.6 Å². The molecule has 0 aliphatic carbocycles. The average Bonchev–Trinajstić information content (AvgIpc) is 3.79. The van der Waals surface area contributed by atoms with E-state index in [4.69, 9.17) is 11.5 Å². The summed E-state index contributed by atoms with van der Waals surface area (Å²) in [4.78, 5) is 99.2. The molecule has 0 fully saturated rings. The molecular formula is C41H55N9O9. The van der Waals surface area contributed by atoms with E-state index in [-0.39, 0.29) is 25.7 Å². The summed E-state index contributed by atoms with van der Waals surface area (Å²) >= 11 is 0. The molecule has 0 saturated carbocycles. The van der Waals surface area contributed by atoms with Gasteiger partial charge in [-0.3, -0.25) is 28.8 Å². The first kappa shape index (κ1) is 45.4. The number of aromatic amines is 2. The van der Waals surface area contributed by atoms with Gasteiger partial charge in [-0.1, -0.05) is 64.1 Å². The number of fused-ring (bicyclic) bond motifs is 2. The molecule has 318 valence electrons. The molecule has 18 heteroatoms. The van der Waals surface area contributed by atoms with E-state index >= 15 is 0 Å². The molecule has 13 N–H and O–H groups in total. The van der Waals surface area contributed by atoms with Crippen LogP contribution in [0.2, 0.25) is 0 Å². The number of carboxylic acids is 1. The second-order valence-electron chi connectivity index (χ2n) is 15.4. The van der Waals surface area contributed by atoms with Crippen molar-refractivity contribution in [1.82, 2.24) is 36.6 Å². The molecule has 2 heterocycles. The van der Waals surface area contributed by atoms with Gasteiger partial charge in [0.05, 0.1) is 6.10 Å². The molecule has 18 nitrogen and oxygen atoms in total. The third kappa shape index (κ3) is 12.1. The molecule has 2 aromatic heterocycles. The number of carbonyl (C=O) groups is 7. The lowest BCUT2D eigenvalue weighted by Crippen LogP contribution is -2.61. The van der Waals surface area contributed by atoms with Gasteiger partial charge in [-0.2, -0.15) is 0 Å². The number of carboxylic acid groups (broad SMARTS) is 1. The van der Waals surface area contributed by atoms with Crippen molar-refractivity contribution in [3.63, 3.8) is 0 Å². The molecule has 4 aromatic rings. The molecule has 0 spiro atoms. The number of hydrogen-bond acceptors (Lipinski definition) is 9. The van der Waals surface area contributed by atoms with Crippen LogP contribution in [0.1, 0.15) is 58.6 Å². The zero-order valence-electron chi connectivity index (χ0n) is 33.7. The third-order valence-corrected chi connectivity index (χ3v) is 10.1. The number of hydrogen-bond donors (Lipinski definition) is 11. The normalized spacial score (nSPS) is 15.1. The zero-order chi connectivity index (χ0) is 43.6. The maximum absolute atomic E-state index is 14.5. The van der Waals surface area contributed by atoms with Gasteiger partial charge in [0.15, 0.2) is 0 Å². The van der Waals surface area contributed by atoms with E-state index in [1.165, 1.54) is 6.92 Å². The predicted octanol–water partition coefficient (Wildman–Crippen LogP) is 0.229. The number of aromatic nitrogens is 2. The van der Waals surface area contributed by atoms with Gasteiger partial charge < -0.3 is 58.2 Å². The second kappa shape index (κ2) is 20.4. The van der Waals surface area contributed by atoms with Crippen LogP contribution in [0.3, 0.4) is 0 Å². The monoisotopic (exact) mass is 817 g/mol. The van der Waals surface area contributed by atoms with Crippen LogP contribution in [0.5, 0.6) is 0 Å². The largest absolute Gasteiger partial charge is 0.480 e. The highest BCUT2D eigenvalue weighted by molar-refractivity contribution is 5.97. The smallest absolute Gasteiger partial charge is 0.326 e. The number of H-pyrrole nitrogens is 2. The topological polar surface area (TPSA) is 304 Å². The Labute approximate surface area is 341 Å². The number of para-hydroxylation sites is 2. The Morgan fingerprint density at radius 2 is 1.03 bits per heavy atom. The lowest BCUT2D eigenvalue weighted by atomic mass is 9.99. The number of rotatable bonds is 21. The summed E-state index contributed by atoms with van der Waals surface area (Å²) in [5.74, 6) is -7.11. The average molecular weight is 818 g/mol. The van der Waals surface area contributed by atoms with Crippen molar-refractivity contribution in [2.75, 3.05) is 0 Å². The Morgan fingerprint density at radius 3 is 1.47 bits per heavy atom. The highest BCUT2D eigenvalue weighted by Crippen LogP contribution is 2.22. The number of benzene rings is 2. The van der Waals surface area contributed by atoms with Crippen LogP contribution < -0.4 is 38.1 Å². The first-order chi connectivity index (χ1) is 27.9. The summed E-state index contributed by atoms with van der Waals surface area (Å²) in [6.07, 6.45) is 1.36. The van der Waals surface area contributed by atoms with Gasteiger partial charge >= 0.3 is 5.97 Å². The first-order valence-corrected chi connectivity index (χ1v) is 19.4. The highest BCUT2D eigenvalue weighted by atomic mass is 16.4. The Balaban J connectivity index is 1.69. The molecule has 59 heavy (non-hydrogen) atoms. The standard InChI is InChI=1S/C41H55N9O9/c1-20(2)34(49-39(56)33(43)22(5)51)40(57)46-29(14-15-32(42)52)36(53)47-30(16-23-18-44-27-12-8-6-10-25(23)27)37(54)48-31(38(55)50-35(21(3)4)41(58)59)17-24-19-45-28-13-9-7-11-26(24)28/h6-13,18-22,29-31,33-35,44-45,51H,14-17,43H2,1-5H3,(H2,42,52)(H,46,57)(H,47,53)(H,48,54)(H,49,56)(H,50,55)(H,58,59)/t22-,29+,30+,31+,33+,34+,35+/m1/s1. The molecule has 0 radical (unpaired) electrons. The van der Waals surface area contributed by atoms with E-state index in [1.807, 2.05) is 42.5 Å². The fourth-order valence-electron chi connectivity index (χ4n) is 6.59. The maximum atomic E-state index is 14.5. The van der Waals surface area contributed by atoms with Gasteiger partial charge in [-0.15, -0.1) is 0 Å². The number of aliphatic hydroxyl groups is 1. The SMILES string of the molecule is CC(C)[C@H](NC(=O)[C@H](Cc1c[nH]c2ccccc12)NC(=O)[C@H](Cc1c[nH]c2ccccc12)NC(=O)[C@H](CCC(N)=O)NC(=O)[C@@H](NC(=O)[C@@H](N)[C@@H](C)O)C(C)C)C(=O)O. The highest BCUT2D eigenvalue weighted by Gasteiger charge is 2.35. The summed E-state index contributed by atoms with van der Waals surface area (Å²) in [7, 11) is 0. The number of nitrogens with two attached hydrogens (primary N) is 2. The summed E-state index contributed by atoms with van der Waals surface area (Å²) in [5.41, 5.74) is 14.0. The number of nitrogens with one attached hydrogen (secondary N) is 7. The van der Waals surface area contributed by atoms with Crippen LogP contribution in [-0.2, 0) is 46.4 Å². The zero-order valence-corrected chi connectivity index (χ0v) is 33.7. The number of aliphatic hydroxyl groups excluding tert-OH is 1. The predicted molar refractivity (Wildman–Crippen MR) is 219 cm³/mol. The van der Waals surface area contributed by atoms with Gasteiger partial charge in [0, 0.05) is 53.5 Å². The Bertz CT molecular complexity index is 2140. The van der Waals surface area contributed by atoms with Gasteiger partial charge in [0.2, 0.25) is 35.4 Å². The quantitative estimate of drug-likeness (QED) is 0.0544. The van der Waals surface area contributed by atoms with E-state index in [2.05, 4.69) is 36.6 Å². The van der Waals surface area contributed by atoms with Crippen molar-refractivity contribution in [3.05, 3.63) is 72.1 Å². The number of aliphatic carboxylic acids is 1. The first-order valence-electron chi connectivity index (χ1n) is 19.4. The van der Waals surface area contributed by atoms with Crippen LogP contribution in [0.4, 0.5) is 0 Å². The van der Waals surface area contributed by atoms with E-state index in [0.29, 0.717) is 11.1 Å². The van der Waals surface area contributed by atoms with Crippen molar-refractivity contribution >= 4 is 63.2 Å². The molecule has 7 atom stereocenters. The Morgan fingerprint density at radius 1 is 0.610 bits per heavy atom. The van der Waals surface area contributed by atoms with Gasteiger partial charge in [0.1, 0.15) is 36.3 Å². The van der Waals surface area contributed by atoms with Crippen LogP contribution >= 0.6 is 0 Å². The maximum Gasteiger partial charge on any atom is 0.326 e. The van der Waals surface area contributed by atoms with Gasteiger partial charge in [-0.05, 0) is 48.4 Å². The molecule has 0 aliphatic rings. The van der Waals surface area contributed by atoms with E-state index in [9.17, 15) is 43.8 Å². The van der Waals surface area contributed by atoms with Crippen molar-refractivity contribution in [2.24, 2.45) is 23.3 Å². The van der Waals surface area contributed by atoms with Crippen LogP contribution in [0.15, 0.2) is 60.9 Å². The van der Waals surface area contributed by atoms with E-state index in [1.54, 1.807) is 46.2 Å². The van der Waals surface area contributed by atoms with Crippen LogP contribution in [0.25, 0.3) is 21.8 Å². The van der Waals surface area contributed by atoms with Crippen molar-refractivity contribution < 1.29 is 43.8 Å². The molecule has 0 bridgehead atoms. The van der Waals surface area contributed by atoms with E-state index in [0.717, 1.165) is 21.8 Å². The molecule has 6 amide bonds. The Hall–Kier alpha value is -6.27. The summed E-state index contributed by atoms with van der Waals surface area (Å²) in [5, 5.41) is 34.3. The van der Waals surface area contributed by atoms with Crippen molar-refractivity contribution in [3.8, 4) is 0 Å². The molecular weight excluding hydrogens is 763 g/mol. The lowest BCUT2D eigenvalue weighted by Gasteiger charge is -2.28. The number of amides is 6. The second-order valence-corrected chi connectivity index (χ2v) is 15.4. The Kier molecular flexibility index (Phi) is 15.7. The fourth-order valence-corrected chi connectivity index (χ4v) is 6.59. The molecule has 2 aromatic carbocycles.